The summed E-state index contributed by atoms with van der Waals surface area (Å²) in [6.45, 7) is 2.15. The normalized spacial score (nSPS) is 15.6. The van der Waals surface area contributed by atoms with Crippen molar-refractivity contribution in [3.63, 3.8) is 0 Å². The number of rotatable bonds is 2. The van der Waals surface area contributed by atoms with Crippen LogP contribution in [0.15, 0.2) is 30.7 Å². The van der Waals surface area contributed by atoms with Crippen LogP contribution in [0.3, 0.4) is 0 Å². The molecule has 1 aromatic carbocycles. The number of H-pyrrole nitrogens is 1. The lowest BCUT2D eigenvalue weighted by atomic mass is 9.98. The molecule has 0 spiro atoms. The molecule has 102 valence electrons. The molecule has 5 nitrogen and oxygen atoms in total. The molecule has 2 aromatic rings. The van der Waals surface area contributed by atoms with Crippen molar-refractivity contribution in [2.24, 2.45) is 0 Å². The van der Waals surface area contributed by atoms with E-state index >= 15 is 0 Å². The maximum absolute atomic E-state index is 11.1. The summed E-state index contributed by atoms with van der Waals surface area (Å²) in [7, 11) is 0. The van der Waals surface area contributed by atoms with Gasteiger partial charge in [0, 0.05) is 30.8 Å². The number of ether oxygens (including phenoxy) is 1. The largest absolute Gasteiger partial charge is 0.493 e. The van der Waals surface area contributed by atoms with E-state index in [1.807, 2.05) is 30.5 Å². The Bertz CT molecular complexity index is 660. The Morgan fingerprint density at radius 2 is 2.40 bits per heavy atom. The monoisotopic (exact) mass is 269 g/mol. The van der Waals surface area contributed by atoms with E-state index in [9.17, 15) is 4.79 Å². The number of aromatic nitrogens is 2. The Morgan fingerprint density at radius 1 is 1.50 bits per heavy atom. The maximum Gasteiger partial charge on any atom is 0.221 e. The van der Waals surface area contributed by atoms with E-state index in [1.54, 1.807) is 6.33 Å². The highest BCUT2D eigenvalue weighted by Gasteiger charge is 2.16. The van der Waals surface area contributed by atoms with Crippen molar-refractivity contribution in [1.82, 2.24) is 9.97 Å². The van der Waals surface area contributed by atoms with Crippen molar-refractivity contribution < 1.29 is 9.53 Å². The first kappa shape index (κ1) is 12.5. The van der Waals surface area contributed by atoms with Gasteiger partial charge in [-0.2, -0.15) is 0 Å². The molecule has 5 heteroatoms. The molecular weight excluding hydrogens is 254 g/mol. The number of carbonyl (C=O) groups excluding carboxylic acids is 1. The zero-order chi connectivity index (χ0) is 13.9. The fraction of sp³-hybridized carbons (Fsp3) is 0.200. The highest BCUT2D eigenvalue weighted by Crippen LogP contribution is 2.35. The molecular formula is C15H15N3O2. The second-order valence-electron chi connectivity index (χ2n) is 4.65. The summed E-state index contributed by atoms with van der Waals surface area (Å²) in [6.07, 6.45) is 6.36. The highest BCUT2D eigenvalue weighted by atomic mass is 16.5. The number of amides is 1. The Hall–Kier alpha value is -2.56. The summed E-state index contributed by atoms with van der Waals surface area (Å²) in [5.74, 6) is 0.756. The molecule has 2 heterocycles. The minimum Gasteiger partial charge on any atom is -0.493 e. The SMILES string of the molecule is CC(=O)Nc1ccc2c(c1)/C(=C/c1c[nH]cn1)CCO2. The standard InChI is InChI=1S/C15H15N3O2/c1-10(19)18-12-2-3-15-14(7-12)11(4-5-20-15)6-13-8-16-9-17-13/h2-3,6-9H,4-5H2,1H3,(H,16,17)(H,18,19)/b11-6+. The fourth-order valence-electron chi connectivity index (χ4n) is 2.27. The van der Waals surface area contributed by atoms with Crippen LogP contribution in [0.25, 0.3) is 11.6 Å². The van der Waals surface area contributed by atoms with Gasteiger partial charge in [0.05, 0.1) is 18.6 Å². The molecule has 0 bridgehead atoms. The van der Waals surface area contributed by atoms with Gasteiger partial charge in [-0.3, -0.25) is 4.79 Å². The first-order chi connectivity index (χ1) is 9.72. The second-order valence-corrected chi connectivity index (χ2v) is 4.65. The number of nitrogens with zero attached hydrogens (tertiary/aromatic N) is 1. The Balaban J connectivity index is 2.00. The molecule has 1 aromatic heterocycles. The summed E-state index contributed by atoms with van der Waals surface area (Å²) in [4.78, 5) is 18.3. The molecule has 0 unspecified atom stereocenters. The predicted octanol–water partition coefficient (Wildman–Crippen LogP) is 2.69. The van der Waals surface area contributed by atoms with Crippen LogP contribution >= 0.6 is 0 Å². The topological polar surface area (TPSA) is 67.0 Å². The van der Waals surface area contributed by atoms with Crippen LogP contribution in [0.4, 0.5) is 5.69 Å². The molecule has 0 aliphatic carbocycles. The van der Waals surface area contributed by atoms with Crippen LogP contribution in [-0.2, 0) is 4.79 Å². The summed E-state index contributed by atoms with van der Waals surface area (Å²) in [5.41, 5.74) is 3.82. The van der Waals surface area contributed by atoms with Gasteiger partial charge in [-0.15, -0.1) is 0 Å². The zero-order valence-electron chi connectivity index (χ0n) is 11.1. The number of imidazole rings is 1. The fourth-order valence-corrected chi connectivity index (χ4v) is 2.27. The van der Waals surface area contributed by atoms with Gasteiger partial charge < -0.3 is 15.0 Å². The lowest BCUT2D eigenvalue weighted by molar-refractivity contribution is -0.114. The molecule has 3 rings (SSSR count). The maximum atomic E-state index is 11.1. The number of benzene rings is 1. The number of aromatic amines is 1. The van der Waals surface area contributed by atoms with Gasteiger partial charge >= 0.3 is 0 Å². The highest BCUT2D eigenvalue weighted by molar-refractivity contribution is 5.91. The van der Waals surface area contributed by atoms with Gasteiger partial charge in [0.25, 0.3) is 0 Å². The Kier molecular flexibility index (Phi) is 3.25. The quantitative estimate of drug-likeness (QED) is 0.880. The van der Waals surface area contributed by atoms with Gasteiger partial charge in [-0.25, -0.2) is 4.98 Å². The van der Waals surface area contributed by atoms with Crippen LogP contribution in [0.5, 0.6) is 5.75 Å². The minimum atomic E-state index is -0.0838. The predicted molar refractivity (Wildman–Crippen MR) is 77.3 cm³/mol. The average Bonchev–Trinajstić information content (AvgIpc) is 2.92. The van der Waals surface area contributed by atoms with Crippen molar-refractivity contribution in [2.45, 2.75) is 13.3 Å². The lowest BCUT2D eigenvalue weighted by Crippen LogP contribution is -2.10. The summed E-state index contributed by atoms with van der Waals surface area (Å²) < 4.78 is 5.65. The molecule has 20 heavy (non-hydrogen) atoms. The van der Waals surface area contributed by atoms with E-state index in [2.05, 4.69) is 15.3 Å². The van der Waals surface area contributed by atoms with Crippen LogP contribution in [-0.4, -0.2) is 22.5 Å². The van der Waals surface area contributed by atoms with Gasteiger partial charge in [0.15, 0.2) is 0 Å². The van der Waals surface area contributed by atoms with Crippen molar-refractivity contribution >= 4 is 23.2 Å². The smallest absolute Gasteiger partial charge is 0.221 e. The third-order valence-electron chi connectivity index (χ3n) is 3.12. The van der Waals surface area contributed by atoms with Crippen molar-refractivity contribution in [3.05, 3.63) is 42.0 Å². The van der Waals surface area contributed by atoms with Crippen molar-refractivity contribution in [3.8, 4) is 5.75 Å². The van der Waals surface area contributed by atoms with Gasteiger partial charge in [0.2, 0.25) is 5.91 Å². The number of fused-ring (bicyclic) bond motifs is 1. The molecule has 2 N–H and O–H groups in total. The van der Waals surface area contributed by atoms with E-state index in [4.69, 9.17) is 4.74 Å². The van der Waals surface area contributed by atoms with E-state index in [1.165, 1.54) is 6.92 Å². The Labute approximate surface area is 116 Å². The van der Waals surface area contributed by atoms with Gasteiger partial charge in [0.1, 0.15) is 5.75 Å². The van der Waals surface area contributed by atoms with Crippen LogP contribution in [0.1, 0.15) is 24.6 Å². The average molecular weight is 269 g/mol. The van der Waals surface area contributed by atoms with E-state index in [0.29, 0.717) is 6.61 Å². The van der Waals surface area contributed by atoms with E-state index in [0.717, 1.165) is 34.7 Å². The summed E-state index contributed by atoms with van der Waals surface area (Å²) >= 11 is 0. The molecule has 0 fully saturated rings. The van der Waals surface area contributed by atoms with Crippen LogP contribution < -0.4 is 10.1 Å². The van der Waals surface area contributed by atoms with E-state index in [-0.39, 0.29) is 5.91 Å². The van der Waals surface area contributed by atoms with Crippen LogP contribution in [0, 0.1) is 0 Å². The first-order valence-electron chi connectivity index (χ1n) is 6.46. The van der Waals surface area contributed by atoms with Gasteiger partial charge in [-0.1, -0.05) is 0 Å². The lowest BCUT2D eigenvalue weighted by Gasteiger charge is -2.21. The molecule has 1 aliphatic heterocycles. The molecule has 0 atom stereocenters. The summed E-state index contributed by atoms with van der Waals surface area (Å²) in [5, 5.41) is 2.79. The van der Waals surface area contributed by atoms with Crippen LogP contribution in [0.2, 0.25) is 0 Å². The molecule has 0 radical (unpaired) electrons. The number of nitrogens with one attached hydrogen (secondary N) is 2. The van der Waals surface area contributed by atoms with E-state index < -0.39 is 0 Å². The number of carbonyl (C=O) groups is 1. The number of hydrogen-bond donors (Lipinski definition) is 2. The van der Waals surface area contributed by atoms with Gasteiger partial charge in [-0.05, 0) is 29.8 Å². The minimum absolute atomic E-state index is 0.0838. The molecule has 1 aliphatic rings. The molecule has 0 saturated carbocycles. The zero-order valence-corrected chi connectivity index (χ0v) is 11.1. The molecule has 1 amide bonds. The Morgan fingerprint density at radius 3 is 3.15 bits per heavy atom. The third kappa shape index (κ3) is 2.56. The second kappa shape index (κ2) is 5.21. The van der Waals surface area contributed by atoms with Crippen molar-refractivity contribution in [2.75, 3.05) is 11.9 Å². The number of anilines is 1. The first-order valence-corrected chi connectivity index (χ1v) is 6.46. The summed E-state index contributed by atoms with van der Waals surface area (Å²) in [6, 6.07) is 5.67. The van der Waals surface area contributed by atoms with Crippen molar-refractivity contribution in [1.29, 1.82) is 0 Å². The molecule has 0 saturated heterocycles. The third-order valence-corrected chi connectivity index (χ3v) is 3.12. The number of hydrogen-bond acceptors (Lipinski definition) is 3.